The fourth-order valence-corrected chi connectivity index (χ4v) is 3.30. The number of halogens is 2. The Morgan fingerprint density at radius 1 is 1.26 bits per heavy atom. The summed E-state index contributed by atoms with van der Waals surface area (Å²) < 4.78 is 26.4. The highest BCUT2D eigenvalue weighted by molar-refractivity contribution is 9.10. The van der Waals surface area contributed by atoms with E-state index in [9.17, 15) is 4.39 Å². The number of aromatic amines is 1. The number of hydrogen-bond donors (Lipinski definition) is 1. The second-order valence-electron chi connectivity index (χ2n) is 5.54. The predicted molar refractivity (Wildman–Crippen MR) is 107 cm³/mol. The number of ether oxygens (including phenoxy) is 2. The first-order valence-corrected chi connectivity index (χ1v) is 9.08. The maximum Gasteiger partial charge on any atom is 0.216 e. The molecule has 0 aliphatic rings. The first-order valence-electron chi connectivity index (χ1n) is 7.88. The number of aromatic nitrogens is 3. The van der Waals surface area contributed by atoms with Gasteiger partial charge in [-0.05, 0) is 63.5 Å². The highest BCUT2D eigenvalue weighted by atomic mass is 79.9. The summed E-state index contributed by atoms with van der Waals surface area (Å²) in [7, 11) is 3.14. The van der Waals surface area contributed by atoms with Crippen molar-refractivity contribution in [3.05, 3.63) is 68.4 Å². The van der Waals surface area contributed by atoms with Gasteiger partial charge in [0.15, 0.2) is 17.3 Å². The Morgan fingerprint density at radius 3 is 2.67 bits per heavy atom. The van der Waals surface area contributed by atoms with Gasteiger partial charge in [-0.1, -0.05) is 12.1 Å². The second kappa shape index (κ2) is 8.45. The van der Waals surface area contributed by atoms with Gasteiger partial charge in [-0.25, -0.2) is 4.39 Å². The van der Waals surface area contributed by atoms with Crippen LogP contribution >= 0.6 is 28.1 Å². The zero-order chi connectivity index (χ0) is 19.4. The third-order valence-electron chi connectivity index (χ3n) is 3.77. The van der Waals surface area contributed by atoms with Crippen molar-refractivity contribution in [3.63, 3.8) is 0 Å². The topological polar surface area (TPSA) is 64.4 Å². The Labute approximate surface area is 168 Å². The molecule has 0 fully saturated rings. The van der Waals surface area contributed by atoms with Gasteiger partial charge in [0, 0.05) is 6.42 Å². The van der Waals surface area contributed by atoms with Crippen molar-refractivity contribution < 1.29 is 13.9 Å². The molecule has 0 unspecified atom stereocenters. The van der Waals surface area contributed by atoms with Crippen LogP contribution in [0.4, 0.5) is 4.39 Å². The Morgan fingerprint density at radius 2 is 2.00 bits per heavy atom. The Hall–Kier alpha value is -2.52. The fraction of sp³-hybridized carbons (Fsp3) is 0.167. The third kappa shape index (κ3) is 4.42. The molecule has 0 spiro atoms. The van der Waals surface area contributed by atoms with E-state index in [1.165, 1.54) is 16.8 Å². The summed E-state index contributed by atoms with van der Waals surface area (Å²) >= 11 is 8.71. The quantitative estimate of drug-likeness (QED) is 0.448. The van der Waals surface area contributed by atoms with Crippen LogP contribution in [-0.2, 0) is 6.42 Å². The number of rotatable bonds is 6. The molecule has 2 aromatic carbocycles. The third-order valence-corrected chi connectivity index (χ3v) is 4.62. The molecule has 0 bridgehead atoms. The maximum atomic E-state index is 13.1. The lowest BCUT2D eigenvalue weighted by Gasteiger charge is -2.10. The first kappa shape index (κ1) is 19.2. The van der Waals surface area contributed by atoms with Gasteiger partial charge in [0.1, 0.15) is 5.82 Å². The molecule has 3 rings (SSSR count). The molecular formula is C18H16BrFN4O2S. The predicted octanol–water partition coefficient (Wildman–Crippen LogP) is 4.33. The van der Waals surface area contributed by atoms with Crippen molar-refractivity contribution in [1.29, 1.82) is 0 Å². The molecule has 140 valence electrons. The van der Waals surface area contributed by atoms with E-state index in [2.05, 4.69) is 31.2 Å². The lowest BCUT2D eigenvalue weighted by molar-refractivity contribution is 0.353. The van der Waals surface area contributed by atoms with Gasteiger partial charge in [0.25, 0.3) is 0 Å². The van der Waals surface area contributed by atoms with E-state index >= 15 is 0 Å². The highest BCUT2D eigenvalue weighted by Gasteiger charge is 2.10. The first-order chi connectivity index (χ1) is 13.0. The van der Waals surface area contributed by atoms with E-state index in [-0.39, 0.29) is 5.82 Å². The van der Waals surface area contributed by atoms with E-state index in [4.69, 9.17) is 21.7 Å². The molecule has 0 aliphatic heterocycles. The minimum absolute atomic E-state index is 0.283. The van der Waals surface area contributed by atoms with Gasteiger partial charge in [-0.15, -0.1) is 0 Å². The zero-order valence-electron chi connectivity index (χ0n) is 14.6. The van der Waals surface area contributed by atoms with E-state index < -0.39 is 0 Å². The van der Waals surface area contributed by atoms with Gasteiger partial charge >= 0.3 is 0 Å². The molecule has 3 aromatic rings. The standard InChI is InChI=1S/C18H16BrFN4O2S/c1-25-15-8-12(7-14(19)17(15)26-2)10-21-24-16(22-23-18(24)27)9-11-3-5-13(20)6-4-11/h3-8,10H,9H2,1-2H3,(H,23,27)/b21-10-. The van der Waals surface area contributed by atoms with Crippen molar-refractivity contribution in [1.82, 2.24) is 14.9 Å². The minimum Gasteiger partial charge on any atom is -0.493 e. The molecule has 27 heavy (non-hydrogen) atoms. The molecule has 1 aromatic heterocycles. The van der Waals surface area contributed by atoms with Gasteiger partial charge in [-0.2, -0.15) is 14.9 Å². The summed E-state index contributed by atoms with van der Waals surface area (Å²) in [6.45, 7) is 0. The molecule has 0 saturated carbocycles. The monoisotopic (exact) mass is 450 g/mol. The van der Waals surface area contributed by atoms with Gasteiger partial charge in [0.05, 0.1) is 24.9 Å². The average Bonchev–Trinajstić information content (AvgIpc) is 3.00. The highest BCUT2D eigenvalue weighted by Crippen LogP contribution is 2.35. The van der Waals surface area contributed by atoms with Crippen LogP contribution in [-0.4, -0.2) is 35.3 Å². The molecule has 0 atom stereocenters. The van der Waals surface area contributed by atoms with E-state index in [1.54, 1.807) is 38.6 Å². The summed E-state index contributed by atoms with van der Waals surface area (Å²) in [5.41, 5.74) is 1.69. The summed E-state index contributed by atoms with van der Waals surface area (Å²) in [6, 6.07) is 9.88. The average molecular weight is 451 g/mol. The zero-order valence-corrected chi connectivity index (χ0v) is 17.0. The van der Waals surface area contributed by atoms with Crippen LogP contribution in [0.5, 0.6) is 11.5 Å². The van der Waals surface area contributed by atoms with Crippen molar-refractivity contribution in [2.75, 3.05) is 14.2 Å². The lowest BCUT2D eigenvalue weighted by Crippen LogP contribution is -2.01. The Balaban J connectivity index is 1.90. The van der Waals surface area contributed by atoms with Crippen LogP contribution in [0.2, 0.25) is 0 Å². The molecule has 6 nitrogen and oxygen atoms in total. The van der Waals surface area contributed by atoms with Crippen LogP contribution in [0.3, 0.4) is 0 Å². The molecule has 9 heteroatoms. The molecular weight excluding hydrogens is 435 g/mol. The van der Waals surface area contributed by atoms with Gasteiger partial charge in [-0.3, -0.25) is 5.10 Å². The van der Waals surface area contributed by atoms with E-state index in [0.29, 0.717) is 28.5 Å². The fourth-order valence-electron chi connectivity index (χ4n) is 2.48. The molecule has 0 saturated heterocycles. The van der Waals surface area contributed by atoms with Gasteiger partial charge < -0.3 is 9.47 Å². The summed E-state index contributed by atoms with van der Waals surface area (Å²) in [6.07, 6.45) is 2.10. The van der Waals surface area contributed by atoms with Crippen molar-refractivity contribution >= 4 is 34.4 Å². The van der Waals surface area contributed by atoms with Crippen LogP contribution in [0.1, 0.15) is 17.0 Å². The number of nitrogens with zero attached hydrogens (tertiary/aromatic N) is 3. The number of hydrogen-bond acceptors (Lipinski definition) is 5. The molecule has 0 amide bonds. The van der Waals surface area contributed by atoms with Crippen molar-refractivity contribution in [3.8, 4) is 11.5 Å². The van der Waals surface area contributed by atoms with Gasteiger partial charge in [0.2, 0.25) is 4.77 Å². The van der Waals surface area contributed by atoms with Crippen LogP contribution in [0, 0.1) is 10.6 Å². The second-order valence-corrected chi connectivity index (χ2v) is 6.78. The van der Waals surface area contributed by atoms with Crippen molar-refractivity contribution in [2.24, 2.45) is 5.10 Å². The molecule has 0 radical (unpaired) electrons. The lowest BCUT2D eigenvalue weighted by atomic mass is 10.1. The Kier molecular flexibility index (Phi) is 6.02. The number of H-pyrrole nitrogens is 1. The van der Waals surface area contributed by atoms with Crippen molar-refractivity contribution in [2.45, 2.75) is 6.42 Å². The maximum absolute atomic E-state index is 13.1. The molecule has 0 aliphatic carbocycles. The summed E-state index contributed by atoms with van der Waals surface area (Å²) in [4.78, 5) is 0. The normalized spacial score (nSPS) is 11.1. The number of benzene rings is 2. The van der Waals surface area contributed by atoms with E-state index in [0.717, 1.165) is 15.6 Å². The smallest absolute Gasteiger partial charge is 0.216 e. The molecule has 1 heterocycles. The summed E-state index contributed by atoms with van der Waals surface area (Å²) in [5, 5.41) is 11.4. The van der Waals surface area contributed by atoms with Crippen LogP contribution in [0.25, 0.3) is 0 Å². The largest absolute Gasteiger partial charge is 0.493 e. The Bertz CT molecular complexity index is 1030. The number of nitrogens with one attached hydrogen (secondary N) is 1. The molecule has 1 N–H and O–H groups in total. The minimum atomic E-state index is -0.283. The van der Waals surface area contributed by atoms with Crippen LogP contribution < -0.4 is 9.47 Å². The summed E-state index contributed by atoms with van der Waals surface area (Å²) in [5.74, 6) is 1.51. The van der Waals surface area contributed by atoms with E-state index in [1.807, 2.05) is 6.07 Å². The number of methoxy groups -OCH3 is 2. The SMILES string of the molecule is COc1cc(/C=N\n2c(Cc3ccc(F)cc3)n[nH]c2=S)cc(Br)c1OC. The van der Waals surface area contributed by atoms with Crippen LogP contribution in [0.15, 0.2) is 46.0 Å².